The van der Waals surface area contributed by atoms with E-state index in [0.29, 0.717) is 0 Å². The Bertz CT molecular complexity index is 128. The summed E-state index contributed by atoms with van der Waals surface area (Å²) in [7, 11) is 4.06. The highest BCUT2D eigenvalue weighted by atomic mass is 16.3. The van der Waals surface area contributed by atoms with Gasteiger partial charge in [0.2, 0.25) is 0 Å². The van der Waals surface area contributed by atoms with Crippen LogP contribution in [-0.4, -0.2) is 36.2 Å². The fraction of sp³-hybridized carbons (Fsp3) is 0.900. The molecule has 0 atom stereocenters. The molecule has 0 unspecified atom stereocenters. The normalized spacial score (nSPS) is 23.0. The molecule has 1 rings (SSSR count). The highest BCUT2D eigenvalue weighted by molar-refractivity contribution is 4.95. The van der Waals surface area contributed by atoms with Gasteiger partial charge in [-0.05, 0) is 26.9 Å². The van der Waals surface area contributed by atoms with E-state index in [1.807, 2.05) is 14.1 Å². The van der Waals surface area contributed by atoms with E-state index in [4.69, 9.17) is 0 Å². The van der Waals surface area contributed by atoms with Crippen LogP contribution in [0.5, 0.6) is 0 Å². The Morgan fingerprint density at radius 2 is 1.83 bits per heavy atom. The third kappa shape index (κ3) is 3.11. The Kier molecular flexibility index (Phi) is 3.53. The van der Waals surface area contributed by atoms with Crippen molar-refractivity contribution in [1.29, 1.82) is 0 Å². The Labute approximate surface area is 75.6 Å². The lowest BCUT2D eigenvalue weighted by Crippen LogP contribution is -2.35. The lowest BCUT2D eigenvalue weighted by Gasteiger charge is -2.32. The highest BCUT2D eigenvalue weighted by Gasteiger charge is 2.28. The van der Waals surface area contributed by atoms with Crippen molar-refractivity contribution in [2.45, 2.75) is 37.7 Å². The van der Waals surface area contributed by atoms with Crippen LogP contribution in [-0.2, 0) is 0 Å². The second-order valence-corrected chi connectivity index (χ2v) is 4.13. The smallest absolute Gasteiger partial charge is 0.0692 e. The third-order valence-electron chi connectivity index (χ3n) is 2.56. The van der Waals surface area contributed by atoms with Crippen LogP contribution in [0.1, 0.15) is 32.1 Å². The van der Waals surface area contributed by atoms with E-state index < -0.39 is 5.60 Å². The van der Waals surface area contributed by atoms with Crippen molar-refractivity contribution < 1.29 is 5.11 Å². The average molecular weight is 170 g/mol. The molecule has 0 saturated heterocycles. The summed E-state index contributed by atoms with van der Waals surface area (Å²) in [4.78, 5) is 2.09. The maximum Gasteiger partial charge on any atom is 0.0692 e. The SMILES string of the molecule is CN(C)C[CH]C1(O)CCCCC1. The summed E-state index contributed by atoms with van der Waals surface area (Å²) in [6.07, 6.45) is 7.63. The molecule has 1 radical (unpaired) electrons. The van der Waals surface area contributed by atoms with Gasteiger partial charge in [-0.15, -0.1) is 0 Å². The lowest BCUT2D eigenvalue weighted by atomic mass is 9.82. The summed E-state index contributed by atoms with van der Waals surface area (Å²) >= 11 is 0. The maximum atomic E-state index is 10.0. The van der Waals surface area contributed by atoms with E-state index in [0.717, 1.165) is 19.4 Å². The number of hydrogen-bond acceptors (Lipinski definition) is 2. The molecule has 71 valence electrons. The van der Waals surface area contributed by atoms with Crippen LogP contribution in [0.15, 0.2) is 0 Å². The molecular formula is C10H20NO. The topological polar surface area (TPSA) is 23.5 Å². The molecule has 2 heteroatoms. The molecule has 0 aliphatic heterocycles. The zero-order valence-corrected chi connectivity index (χ0v) is 8.21. The van der Waals surface area contributed by atoms with Gasteiger partial charge in [-0.2, -0.15) is 0 Å². The van der Waals surface area contributed by atoms with Gasteiger partial charge < -0.3 is 10.0 Å². The van der Waals surface area contributed by atoms with Crippen molar-refractivity contribution in [3.05, 3.63) is 6.42 Å². The number of rotatable bonds is 3. The molecule has 0 spiro atoms. The summed E-state index contributed by atoms with van der Waals surface area (Å²) in [5.41, 5.74) is -0.456. The molecule has 0 heterocycles. The predicted molar refractivity (Wildman–Crippen MR) is 50.9 cm³/mol. The first-order valence-corrected chi connectivity index (χ1v) is 4.84. The average Bonchev–Trinajstić information content (AvgIpc) is 2.03. The number of aliphatic hydroxyl groups is 1. The number of nitrogens with zero attached hydrogens (tertiary/aromatic N) is 1. The molecule has 0 bridgehead atoms. The van der Waals surface area contributed by atoms with E-state index in [2.05, 4.69) is 11.3 Å². The van der Waals surface area contributed by atoms with Gasteiger partial charge in [0.15, 0.2) is 0 Å². The summed E-state index contributed by atoms with van der Waals surface area (Å²) in [6, 6.07) is 0. The Balaban J connectivity index is 2.26. The molecule has 1 fully saturated rings. The van der Waals surface area contributed by atoms with Gasteiger partial charge in [-0.1, -0.05) is 19.3 Å². The minimum Gasteiger partial charge on any atom is -0.390 e. The second kappa shape index (κ2) is 4.24. The number of hydrogen-bond donors (Lipinski definition) is 1. The van der Waals surface area contributed by atoms with E-state index in [-0.39, 0.29) is 0 Å². The molecule has 1 aliphatic rings. The second-order valence-electron chi connectivity index (χ2n) is 4.13. The van der Waals surface area contributed by atoms with Crippen LogP contribution < -0.4 is 0 Å². The predicted octanol–water partition coefficient (Wildman–Crippen LogP) is 1.45. The molecule has 1 saturated carbocycles. The van der Waals surface area contributed by atoms with Crippen LogP contribution >= 0.6 is 0 Å². The van der Waals surface area contributed by atoms with Crippen LogP contribution in [0.3, 0.4) is 0 Å². The van der Waals surface area contributed by atoms with E-state index in [1.165, 1.54) is 19.3 Å². The summed E-state index contributed by atoms with van der Waals surface area (Å²) in [5, 5.41) is 10.0. The summed E-state index contributed by atoms with van der Waals surface area (Å²) in [5.74, 6) is 0. The Hall–Kier alpha value is -0.0800. The van der Waals surface area contributed by atoms with Gasteiger partial charge in [0.25, 0.3) is 0 Å². The first kappa shape index (κ1) is 10.0. The third-order valence-corrected chi connectivity index (χ3v) is 2.56. The Morgan fingerprint density at radius 1 is 1.25 bits per heavy atom. The highest BCUT2D eigenvalue weighted by Crippen LogP contribution is 2.29. The van der Waals surface area contributed by atoms with Crippen molar-refractivity contribution in [1.82, 2.24) is 4.90 Å². The molecule has 12 heavy (non-hydrogen) atoms. The molecule has 1 aliphatic carbocycles. The van der Waals surface area contributed by atoms with Crippen LogP contribution in [0.4, 0.5) is 0 Å². The van der Waals surface area contributed by atoms with Crippen molar-refractivity contribution in [3.8, 4) is 0 Å². The zero-order chi connectivity index (χ0) is 9.03. The van der Waals surface area contributed by atoms with E-state index in [1.54, 1.807) is 0 Å². The lowest BCUT2D eigenvalue weighted by molar-refractivity contribution is 0.0302. The summed E-state index contributed by atoms with van der Waals surface area (Å²) < 4.78 is 0. The fourth-order valence-electron chi connectivity index (χ4n) is 1.72. The van der Waals surface area contributed by atoms with Crippen LogP contribution in [0.2, 0.25) is 0 Å². The van der Waals surface area contributed by atoms with Gasteiger partial charge in [0, 0.05) is 13.0 Å². The standard InChI is InChI=1S/C10H20NO/c1-11(2)9-8-10(12)6-4-3-5-7-10/h8,12H,3-7,9H2,1-2H3. The zero-order valence-electron chi connectivity index (χ0n) is 8.21. The minimum atomic E-state index is -0.456. The van der Waals surface area contributed by atoms with E-state index in [9.17, 15) is 5.11 Å². The van der Waals surface area contributed by atoms with Gasteiger partial charge in [-0.25, -0.2) is 0 Å². The minimum absolute atomic E-state index is 0.456. The molecule has 0 aromatic carbocycles. The molecule has 1 N–H and O–H groups in total. The monoisotopic (exact) mass is 170 g/mol. The van der Waals surface area contributed by atoms with Crippen molar-refractivity contribution in [3.63, 3.8) is 0 Å². The van der Waals surface area contributed by atoms with E-state index >= 15 is 0 Å². The summed E-state index contributed by atoms with van der Waals surface area (Å²) in [6.45, 7) is 0.885. The van der Waals surface area contributed by atoms with Crippen LogP contribution in [0, 0.1) is 6.42 Å². The fourth-order valence-corrected chi connectivity index (χ4v) is 1.72. The molecule has 0 amide bonds. The van der Waals surface area contributed by atoms with Crippen molar-refractivity contribution >= 4 is 0 Å². The Morgan fingerprint density at radius 3 is 2.33 bits per heavy atom. The quantitative estimate of drug-likeness (QED) is 0.693. The van der Waals surface area contributed by atoms with Gasteiger partial charge in [0.1, 0.15) is 0 Å². The molecular weight excluding hydrogens is 150 g/mol. The first-order chi connectivity index (χ1) is 5.62. The van der Waals surface area contributed by atoms with Gasteiger partial charge in [0.05, 0.1) is 5.60 Å². The molecule has 0 aromatic rings. The maximum absolute atomic E-state index is 10.0. The molecule has 2 nitrogen and oxygen atoms in total. The van der Waals surface area contributed by atoms with Gasteiger partial charge in [-0.3, -0.25) is 0 Å². The van der Waals surface area contributed by atoms with Gasteiger partial charge >= 0.3 is 0 Å². The van der Waals surface area contributed by atoms with Crippen molar-refractivity contribution in [2.24, 2.45) is 0 Å². The molecule has 0 aromatic heterocycles. The largest absolute Gasteiger partial charge is 0.390 e. The first-order valence-electron chi connectivity index (χ1n) is 4.84. The van der Waals surface area contributed by atoms with Crippen molar-refractivity contribution in [2.75, 3.05) is 20.6 Å². The van der Waals surface area contributed by atoms with Crippen LogP contribution in [0.25, 0.3) is 0 Å².